The fourth-order valence-corrected chi connectivity index (χ4v) is 4.33. The number of likely N-dealkylation sites (tertiary alicyclic amines) is 1. The van der Waals surface area contributed by atoms with Gasteiger partial charge in [0.25, 0.3) is 5.91 Å². The van der Waals surface area contributed by atoms with Gasteiger partial charge < -0.3 is 14.5 Å². The predicted molar refractivity (Wildman–Crippen MR) is 117 cm³/mol. The van der Waals surface area contributed by atoms with Gasteiger partial charge in [0.05, 0.1) is 30.5 Å². The topological polar surface area (TPSA) is 75.6 Å². The predicted octanol–water partition coefficient (Wildman–Crippen LogP) is 2.94. The van der Waals surface area contributed by atoms with Crippen LogP contribution in [0.4, 0.5) is 0 Å². The van der Waals surface area contributed by atoms with Crippen molar-refractivity contribution in [1.29, 1.82) is 0 Å². The van der Waals surface area contributed by atoms with E-state index in [1.807, 2.05) is 30.0 Å². The van der Waals surface area contributed by atoms with Crippen molar-refractivity contribution in [3.05, 3.63) is 59.2 Å². The summed E-state index contributed by atoms with van der Waals surface area (Å²) in [6, 6.07) is 9.97. The van der Waals surface area contributed by atoms with Crippen LogP contribution < -0.4 is 0 Å². The van der Waals surface area contributed by atoms with E-state index in [0.717, 1.165) is 32.2 Å². The highest BCUT2D eigenvalue weighted by Gasteiger charge is 2.30. The quantitative estimate of drug-likeness (QED) is 0.741. The Balaban J connectivity index is 1.46. The zero-order chi connectivity index (χ0) is 21.6. The first kappa shape index (κ1) is 21.4. The molecule has 4 rings (SSSR count). The lowest BCUT2D eigenvalue weighted by molar-refractivity contribution is -0.135. The maximum absolute atomic E-state index is 13.0. The van der Waals surface area contributed by atoms with Crippen LogP contribution in [0.5, 0.6) is 0 Å². The minimum atomic E-state index is -0.122. The third kappa shape index (κ3) is 5.10. The van der Waals surface area contributed by atoms with Crippen molar-refractivity contribution >= 4 is 11.8 Å². The lowest BCUT2D eigenvalue weighted by Gasteiger charge is -2.35. The van der Waals surface area contributed by atoms with Crippen molar-refractivity contribution in [2.45, 2.75) is 45.1 Å². The van der Waals surface area contributed by atoms with Gasteiger partial charge >= 0.3 is 0 Å². The number of nitrogens with zero attached hydrogens (tertiary/aromatic N) is 4. The summed E-state index contributed by atoms with van der Waals surface area (Å²) in [5.74, 6) is 0.735. The molecule has 2 aliphatic rings. The van der Waals surface area contributed by atoms with Gasteiger partial charge in [-0.15, -0.1) is 0 Å². The van der Waals surface area contributed by atoms with Gasteiger partial charge in [0, 0.05) is 32.3 Å². The number of amides is 2. The van der Waals surface area contributed by atoms with Crippen LogP contribution in [-0.4, -0.2) is 64.4 Å². The van der Waals surface area contributed by atoms with Crippen LogP contribution in [0, 0.1) is 6.92 Å². The molecule has 3 heterocycles. The number of ether oxygens (including phenoxy) is 1. The van der Waals surface area contributed by atoms with E-state index in [-0.39, 0.29) is 17.9 Å². The van der Waals surface area contributed by atoms with Crippen LogP contribution in [0.15, 0.2) is 36.5 Å². The Morgan fingerprint density at radius 3 is 2.61 bits per heavy atom. The average molecular weight is 423 g/mol. The van der Waals surface area contributed by atoms with E-state index in [0.29, 0.717) is 49.8 Å². The lowest BCUT2D eigenvalue weighted by atomic mass is 9.99. The normalized spacial score (nSPS) is 19.3. The lowest BCUT2D eigenvalue weighted by Crippen LogP contribution is -2.41. The molecule has 2 saturated heterocycles. The van der Waals surface area contributed by atoms with E-state index in [9.17, 15) is 9.59 Å². The Bertz CT molecular complexity index is 912. The Kier molecular flexibility index (Phi) is 6.92. The molecule has 2 amide bonds. The Labute approximate surface area is 183 Å². The van der Waals surface area contributed by atoms with E-state index in [1.165, 1.54) is 5.56 Å². The summed E-state index contributed by atoms with van der Waals surface area (Å²) in [7, 11) is 0. The Morgan fingerprint density at radius 2 is 1.87 bits per heavy atom. The molecule has 0 N–H and O–H groups in total. The second-order valence-electron chi connectivity index (χ2n) is 8.22. The highest BCUT2D eigenvalue weighted by Crippen LogP contribution is 2.30. The van der Waals surface area contributed by atoms with Gasteiger partial charge in [-0.05, 0) is 38.2 Å². The van der Waals surface area contributed by atoms with Gasteiger partial charge in [-0.25, -0.2) is 9.97 Å². The van der Waals surface area contributed by atoms with Gasteiger partial charge in [0.15, 0.2) is 5.82 Å². The van der Waals surface area contributed by atoms with E-state index >= 15 is 0 Å². The van der Waals surface area contributed by atoms with Gasteiger partial charge in [0.2, 0.25) is 5.91 Å². The van der Waals surface area contributed by atoms with Crippen LogP contribution in [0.25, 0.3) is 0 Å². The van der Waals surface area contributed by atoms with Crippen molar-refractivity contribution in [1.82, 2.24) is 19.8 Å². The summed E-state index contributed by atoms with van der Waals surface area (Å²) < 4.78 is 5.33. The van der Waals surface area contributed by atoms with Crippen molar-refractivity contribution in [3.8, 4) is 0 Å². The third-order valence-electron chi connectivity index (χ3n) is 6.12. The first-order valence-electron chi connectivity index (χ1n) is 11.2. The molecule has 0 radical (unpaired) electrons. The van der Waals surface area contributed by atoms with Crippen molar-refractivity contribution in [2.75, 3.05) is 32.8 Å². The zero-order valence-corrected chi connectivity index (χ0v) is 18.1. The molecular weight excluding hydrogens is 392 g/mol. The van der Waals surface area contributed by atoms with Gasteiger partial charge in [0.1, 0.15) is 0 Å². The molecule has 0 spiro atoms. The summed E-state index contributed by atoms with van der Waals surface area (Å²) in [6.45, 7) is 4.88. The summed E-state index contributed by atoms with van der Waals surface area (Å²) in [6.07, 6.45) is 5.75. The molecule has 1 aromatic heterocycles. The number of aryl methyl sites for hydroxylation is 2. The van der Waals surface area contributed by atoms with Crippen molar-refractivity contribution < 1.29 is 14.3 Å². The van der Waals surface area contributed by atoms with Crippen LogP contribution >= 0.6 is 0 Å². The second kappa shape index (κ2) is 10.0. The van der Waals surface area contributed by atoms with Crippen LogP contribution in [0.1, 0.15) is 59.2 Å². The fraction of sp³-hybridized carbons (Fsp3) is 0.500. The standard InChI is InChI=1S/C24H30N4O3/c1-18-20(24(30)27-13-15-31-16-14-27)17-25-23(26-18)21-9-5-6-12-28(21)22(29)11-10-19-7-3-2-4-8-19/h2-4,7-8,17,21H,5-6,9-16H2,1H3. The van der Waals surface area contributed by atoms with Gasteiger partial charge in [-0.1, -0.05) is 30.3 Å². The van der Waals surface area contributed by atoms with Crippen molar-refractivity contribution in [2.24, 2.45) is 0 Å². The summed E-state index contributed by atoms with van der Waals surface area (Å²) in [5, 5.41) is 0. The van der Waals surface area contributed by atoms with E-state index in [2.05, 4.69) is 22.1 Å². The number of hydrogen-bond donors (Lipinski definition) is 0. The average Bonchev–Trinajstić information content (AvgIpc) is 2.83. The van der Waals surface area contributed by atoms with E-state index in [1.54, 1.807) is 11.1 Å². The first-order valence-corrected chi connectivity index (χ1v) is 11.2. The maximum Gasteiger partial charge on any atom is 0.257 e. The smallest absolute Gasteiger partial charge is 0.257 e. The summed E-state index contributed by atoms with van der Waals surface area (Å²) in [5.41, 5.74) is 2.37. The van der Waals surface area contributed by atoms with Crippen LogP contribution in [-0.2, 0) is 16.0 Å². The first-order chi connectivity index (χ1) is 15.1. The molecule has 2 aromatic rings. The third-order valence-corrected chi connectivity index (χ3v) is 6.12. The number of carbonyl (C=O) groups excluding carboxylic acids is 2. The number of carbonyl (C=O) groups is 2. The van der Waals surface area contributed by atoms with E-state index in [4.69, 9.17) is 4.74 Å². The monoisotopic (exact) mass is 422 g/mol. The highest BCUT2D eigenvalue weighted by molar-refractivity contribution is 5.95. The molecule has 1 unspecified atom stereocenters. The van der Waals surface area contributed by atoms with Crippen LogP contribution in [0.3, 0.4) is 0 Å². The second-order valence-corrected chi connectivity index (χ2v) is 8.22. The van der Waals surface area contributed by atoms with Crippen molar-refractivity contribution in [3.63, 3.8) is 0 Å². The molecule has 2 fully saturated rings. The SMILES string of the molecule is Cc1nc(C2CCCCN2C(=O)CCc2ccccc2)ncc1C(=O)N1CCOCC1. The largest absolute Gasteiger partial charge is 0.378 e. The number of morpholine rings is 1. The maximum atomic E-state index is 13.0. The Hall–Kier alpha value is -2.80. The minimum Gasteiger partial charge on any atom is -0.378 e. The molecule has 7 heteroatoms. The number of benzene rings is 1. The number of piperidine rings is 1. The molecule has 0 aliphatic carbocycles. The molecule has 1 atom stereocenters. The van der Waals surface area contributed by atoms with Crippen LogP contribution in [0.2, 0.25) is 0 Å². The molecule has 0 bridgehead atoms. The number of aromatic nitrogens is 2. The van der Waals surface area contributed by atoms with Gasteiger partial charge in [-0.2, -0.15) is 0 Å². The summed E-state index contributed by atoms with van der Waals surface area (Å²) >= 11 is 0. The zero-order valence-electron chi connectivity index (χ0n) is 18.1. The minimum absolute atomic E-state index is 0.0493. The molecule has 1 aromatic carbocycles. The number of rotatable bonds is 5. The molecule has 0 saturated carbocycles. The number of hydrogen-bond acceptors (Lipinski definition) is 5. The Morgan fingerprint density at radius 1 is 1.10 bits per heavy atom. The van der Waals surface area contributed by atoms with Gasteiger partial charge in [-0.3, -0.25) is 9.59 Å². The molecular formula is C24H30N4O3. The summed E-state index contributed by atoms with van der Waals surface area (Å²) in [4.78, 5) is 38.8. The molecule has 31 heavy (non-hydrogen) atoms. The van der Waals surface area contributed by atoms with E-state index < -0.39 is 0 Å². The molecule has 164 valence electrons. The molecule has 7 nitrogen and oxygen atoms in total. The molecule has 2 aliphatic heterocycles. The highest BCUT2D eigenvalue weighted by atomic mass is 16.5. The fourth-order valence-electron chi connectivity index (χ4n) is 4.33.